The van der Waals surface area contributed by atoms with Gasteiger partial charge in [-0.15, -0.1) is 0 Å². The number of hydrogen-bond donors (Lipinski definition) is 2. The Kier molecular flexibility index (Phi) is 2.97. The Balaban J connectivity index is 2.33. The number of nitrogens with one attached hydrogen (secondary N) is 1. The molecule has 0 bridgehead atoms. The zero-order valence-electron chi connectivity index (χ0n) is 9.69. The lowest BCUT2D eigenvalue weighted by Crippen LogP contribution is -2.22. The molecule has 0 unspecified atom stereocenters. The molecule has 0 spiro atoms. The van der Waals surface area contributed by atoms with Gasteiger partial charge in [0.1, 0.15) is 0 Å². The van der Waals surface area contributed by atoms with Crippen LogP contribution < -0.4 is 5.32 Å². The third-order valence-electron chi connectivity index (χ3n) is 2.77. The molecule has 18 heavy (non-hydrogen) atoms. The first-order chi connectivity index (χ1) is 8.49. The van der Waals surface area contributed by atoms with Crippen LogP contribution in [0, 0.1) is 0 Å². The lowest BCUT2D eigenvalue weighted by Gasteiger charge is -2.03. The van der Waals surface area contributed by atoms with Crippen molar-refractivity contribution in [3.05, 3.63) is 41.0 Å². The summed E-state index contributed by atoms with van der Waals surface area (Å²) in [5.41, 5.74) is 1.99. The molecule has 1 aromatic rings. The van der Waals surface area contributed by atoms with E-state index >= 15 is 0 Å². The summed E-state index contributed by atoms with van der Waals surface area (Å²) in [7, 11) is 0. The Morgan fingerprint density at radius 2 is 1.78 bits per heavy atom. The molecule has 92 valence electrons. The van der Waals surface area contributed by atoms with E-state index in [-0.39, 0.29) is 12.3 Å². The average molecular weight is 245 g/mol. The van der Waals surface area contributed by atoms with E-state index < -0.39 is 11.9 Å². The molecule has 0 radical (unpaired) electrons. The molecule has 0 aromatic heterocycles. The molecule has 5 nitrogen and oxygen atoms in total. The predicted octanol–water partition coefficient (Wildman–Crippen LogP) is 0.744. The maximum absolute atomic E-state index is 11.6. The average Bonchev–Trinajstić information content (AvgIpc) is 2.54. The quantitative estimate of drug-likeness (QED) is 0.769. The van der Waals surface area contributed by atoms with E-state index in [0.29, 0.717) is 22.3 Å². The number of imide groups is 1. The minimum Gasteiger partial charge on any atom is -0.481 e. The summed E-state index contributed by atoms with van der Waals surface area (Å²) in [4.78, 5) is 33.4. The van der Waals surface area contributed by atoms with Crippen LogP contribution in [0.15, 0.2) is 29.8 Å². The lowest BCUT2D eigenvalue weighted by molar-refractivity contribution is -0.136. The maximum Gasteiger partial charge on any atom is 0.307 e. The first kappa shape index (κ1) is 12.0. The van der Waals surface area contributed by atoms with Crippen LogP contribution in [0.25, 0.3) is 5.57 Å². The van der Waals surface area contributed by atoms with Gasteiger partial charge < -0.3 is 5.11 Å². The molecule has 0 saturated heterocycles. The van der Waals surface area contributed by atoms with Crippen LogP contribution in [-0.2, 0) is 20.8 Å². The van der Waals surface area contributed by atoms with E-state index in [9.17, 15) is 14.4 Å². The molecule has 2 rings (SSSR count). The van der Waals surface area contributed by atoms with E-state index in [0.717, 1.165) is 0 Å². The van der Waals surface area contributed by atoms with E-state index in [1.165, 1.54) is 0 Å². The van der Waals surface area contributed by atoms with Crippen LogP contribution in [0.4, 0.5) is 0 Å². The molecule has 1 aliphatic heterocycles. The summed E-state index contributed by atoms with van der Waals surface area (Å²) in [6, 6.07) is 6.57. The zero-order chi connectivity index (χ0) is 13.3. The highest BCUT2D eigenvalue weighted by Crippen LogP contribution is 2.23. The third kappa shape index (κ3) is 2.15. The van der Waals surface area contributed by atoms with Gasteiger partial charge in [-0.05, 0) is 18.1 Å². The van der Waals surface area contributed by atoms with Crippen molar-refractivity contribution in [2.75, 3.05) is 0 Å². The Bertz CT molecular complexity index is 569. The number of amides is 2. The molecule has 5 heteroatoms. The monoisotopic (exact) mass is 245 g/mol. The smallest absolute Gasteiger partial charge is 0.307 e. The number of benzene rings is 1. The minimum absolute atomic E-state index is 0.0660. The molecule has 1 aliphatic rings. The van der Waals surface area contributed by atoms with E-state index in [4.69, 9.17) is 5.11 Å². The molecule has 2 amide bonds. The van der Waals surface area contributed by atoms with Gasteiger partial charge in [0.25, 0.3) is 11.8 Å². The fourth-order valence-electron chi connectivity index (χ4n) is 1.85. The fraction of sp³-hybridized carbons (Fsp3) is 0.154. The Morgan fingerprint density at radius 1 is 1.17 bits per heavy atom. The summed E-state index contributed by atoms with van der Waals surface area (Å²) in [6.45, 7) is 1.58. The molecule has 0 saturated carbocycles. The van der Waals surface area contributed by atoms with Crippen LogP contribution in [0.2, 0.25) is 0 Å². The van der Waals surface area contributed by atoms with E-state index in [1.807, 2.05) is 0 Å². The van der Waals surface area contributed by atoms with Gasteiger partial charge in [-0.2, -0.15) is 0 Å². The molecular weight excluding hydrogens is 234 g/mol. The van der Waals surface area contributed by atoms with Crippen molar-refractivity contribution in [1.29, 1.82) is 0 Å². The second-order valence-corrected chi connectivity index (χ2v) is 4.05. The molecule has 0 atom stereocenters. The topological polar surface area (TPSA) is 83.5 Å². The van der Waals surface area contributed by atoms with Crippen molar-refractivity contribution in [1.82, 2.24) is 5.32 Å². The normalized spacial score (nSPS) is 14.9. The SMILES string of the molecule is CC1=C(c2ccc(CC(=O)O)cc2)C(=O)NC1=O. The minimum atomic E-state index is -0.910. The van der Waals surface area contributed by atoms with Crippen molar-refractivity contribution < 1.29 is 19.5 Å². The van der Waals surface area contributed by atoms with Crippen LogP contribution >= 0.6 is 0 Å². The molecule has 0 aliphatic carbocycles. The second-order valence-electron chi connectivity index (χ2n) is 4.05. The fourth-order valence-corrected chi connectivity index (χ4v) is 1.85. The van der Waals surface area contributed by atoms with Gasteiger partial charge in [0.2, 0.25) is 0 Å². The third-order valence-corrected chi connectivity index (χ3v) is 2.77. The standard InChI is InChI=1S/C13H11NO4/c1-7-11(13(18)14-12(7)17)9-4-2-8(3-5-9)6-10(15)16/h2-5H,6H2,1H3,(H,15,16)(H,14,17,18). The predicted molar refractivity (Wildman–Crippen MR) is 63.5 cm³/mol. The zero-order valence-corrected chi connectivity index (χ0v) is 9.69. The van der Waals surface area contributed by atoms with E-state index in [2.05, 4.69) is 5.32 Å². The Morgan fingerprint density at radius 3 is 2.22 bits per heavy atom. The number of hydrogen-bond acceptors (Lipinski definition) is 3. The van der Waals surface area contributed by atoms with Gasteiger partial charge in [0, 0.05) is 5.57 Å². The van der Waals surface area contributed by atoms with Crippen molar-refractivity contribution >= 4 is 23.4 Å². The van der Waals surface area contributed by atoms with Crippen LogP contribution in [0.5, 0.6) is 0 Å². The van der Waals surface area contributed by atoms with Crippen molar-refractivity contribution in [2.45, 2.75) is 13.3 Å². The summed E-state index contributed by atoms with van der Waals surface area (Å²) in [5.74, 6) is -1.71. The molecule has 2 N–H and O–H groups in total. The van der Waals surface area contributed by atoms with Crippen molar-refractivity contribution in [3.8, 4) is 0 Å². The number of rotatable bonds is 3. The Hall–Kier alpha value is -2.43. The van der Waals surface area contributed by atoms with Gasteiger partial charge in [0.05, 0.1) is 12.0 Å². The maximum atomic E-state index is 11.6. The van der Waals surface area contributed by atoms with Gasteiger partial charge in [-0.1, -0.05) is 24.3 Å². The summed E-state index contributed by atoms with van der Waals surface area (Å²) < 4.78 is 0. The number of carbonyl (C=O) groups is 3. The van der Waals surface area contributed by atoms with Crippen LogP contribution in [0.1, 0.15) is 18.1 Å². The van der Waals surface area contributed by atoms with Crippen LogP contribution in [0.3, 0.4) is 0 Å². The van der Waals surface area contributed by atoms with Gasteiger partial charge in [0.15, 0.2) is 0 Å². The Labute approximate surface area is 103 Å². The highest BCUT2D eigenvalue weighted by Gasteiger charge is 2.27. The number of carboxylic acid groups (broad SMARTS) is 1. The summed E-state index contributed by atoms with van der Waals surface area (Å²) in [5, 5.41) is 10.9. The molecular formula is C13H11NO4. The number of carboxylic acids is 1. The first-order valence-electron chi connectivity index (χ1n) is 5.36. The van der Waals surface area contributed by atoms with Crippen molar-refractivity contribution in [2.24, 2.45) is 0 Å². The van der Waals surface area contributed by atoms with Crippen LogP contribution in [-0.4, -0.2) is 22.9 Å². The lowest BCUT2D eigenvalue weighted by atomic mass is 10.0. The second kappa shape index (κ2) is 4.44. The molecule has 1 heterocycles. The van der Waals surface area contributed by atoms with Crippen molar-refractivity contribution in [3.63, 3.8) is 0 Å². The number of aliphatic carboxylic acids is 1. The van der Waals surface area contributed by atoms with E-state index in [1.54, 1.807) is 31.2 Å². The first-order valence-corrected chi connectivity index (χ1v) is 5.36. The van der Waals surface area contributed by atoms with Gasteiger partial charge in [-0.25, -0.2) is 0 Å². The highest BCUT2D eigenvalue weighted by atomic mass is 16.4. The highest BCUT2D eigenvalue weighted by molar-refractivity contribution is 6.35. The van der Waals surface area contributed by atoms with Gasteiger partial charge >= 0.3 is 5.97 Å². The van der Waals surface area contributed by atoms with Gasteiger partial charge in [-0.3, -0.25) is 19.7 Å². The summed E-state index contributed by atoms with van der Waals surface area (Å²) in [6.07, 6.45) is -0.0660. The number of carbonyl (C=O) groups excluding carboxylic acids is 2. The molecule has 1 aromatic carbocycles. The molecule has 0 fully saturated rings. The summed E-state index contributed by atoms with van der Waals surface area (Å²) >= 11 is 0. The largest absolute Gasteiger partial charge is 0.481 e.